The molecule has 2 N–H and O–H groups in total. The highest BCUT2D eigenvalue weighted by Crippen LogP contribution is 2.12. The van der Waals surface area contributed by atoms with Crippen LogP contribution < -0.4 is 5.32 Å². The lowest BCUT2D eigenvalue weighted by Gasteiger charge is -2.06. The number of nitrogens with zero attached hydrogens (tertiary/aromatic N) is 1. The van der Waals surface area contributed by atoms with Crippen molar-refractivity contribution in [2.24, 2.45) is 0 Å². The third-order valence-corrected chi connectivity index (χ3v) is 2.48. The van der Waals surface area contributed by atoms with E-state index in [0.717, 1.165) is 10.9 Å². The van der Waals surface area contributed by atoms with Crippen molar-refractivity contribution < 1.29 is 18.3 Å². The fourth-order valence-corrected chi connectivity index (χ4v) is 1.59. The molecule has 2 rings (SSSR count). The molecular weight excluding hydrogens is 256 g/mol. The molecule has 5 nitrogen and oxygen atoms in total. The Morgan fingerprint density at radius 3 is 3.11 bits per heavy atom. The Morgan fingerprint density at radius 2 is 2.32 bits per heavy atom. The van der Waals surface area contributed by atoms with Gasteiger partial charge in [-0.15, -0.1) is 0 Å². The van der Waals surface area contributed by atoms with E-state index in [1.165, 1.54) is 0 Å². The molecule has 0 aliphatic rings. The van der Waals surface area contributed by atoms with Gasteiger partial charge in [-0.25, -0.2) is 8.78 Å². The summed E-state index contributed by atoms with van der Waals surface area (Å²) in [5, 5.41) is 10.1. The van der Waals surface area contributed by atoms with Gasteiger partial charge >= 0.3 is 0 Å². The minimum atomic E-state index is -2.49. The topological polar surface area (TPSA) is 67.0 Å². The highest BCUT2D eigenvalue weighted by molar-refractivity contribution is 5.97. The summed E-state index contributed by atoms with van der Waals surface area (Å²) in [6.07, 6.45) is -0.826. The number of nitrogens with one attached hydrogen (secondary N) is 2. The lowest BCUT2D eigenvalue weighted by molar-refractivity contribution is 0.0188. The van der Waals surface area contributed by atoms with E-state index < -0.39 is 13.0 Å². The number of amides is 1. The van der Waals surface area contributed by atoms with Crippen molar-refractivity contribution in [3.63, 3.8) is 0 Å². The highest BCUT2D eigenvalue weighted by atomic mass is 19.3. The molecule has 0 fully saturated rings. The molecule has 0 radical (unpaired) electrons. The van der Waals surface area contributed by atoms with Gasteiger partial charge in [-0.3, -0.25) is 9.89 Å². The lowest BCUT2D eigenvalue weighted by atomic mass is 10.1. The van der Waals surface area contributed by atoms with Gasteiger partial charge in [0.2, 0.25) is 0 Å². The number of rotatable bonds is 6. The van der Waals surface area contributed by atoms with Crippen LogP contribution in [0.2, 0.25) is 0 Å². The van der Waals surface area contributed by atoms with Crippen molar-refractivity contribution in [3.05, 3.63) is 30.0 Å². The maximum atomic E-state index is 11.8. The van der Waals surface area contributed by atoms with E-state index in [-0.39, 0.29) is 19.1 Å². The summed E-state index contributed by atoms with van der Waals surface area (Å²) in [4.78, 5) is 11.8. The van der Waals surface area contributed by atoms with Crippen LogP contribution in [0.25, 0.3) is 10.9 Å². The summed E-state index contributed by atoms with van der Waals surface area (Å²) >= 11 is 0. The number of halogens is 2. The number of fused-ring (bicyclic) bond motifs is 1. The summed E-state index contributed by atoms with van der Waals surface area (Å²) in [6.45, 7) is -0.370. The van der Waals surface area contributed by atoms with E-state index in [2.05, 4.69) is 20.3 Å². The molecule has 0 unspecified atom stereocenters. The normalized spacial score (nSPS) is 11.1. The molecule has 1 amide bonds. The van der Waals surface area contributed by atoms with Crippen molar-refractivity contribution in [1.82, 2.24) is 15.5 Å². The van der Waals surface area contributed by atoms with Gasteiger partial charge in [-0.2, -0.15) is 5.10 Å². The predicted molar refractivity (Wildman–Crippen MR) is 65.2 cm³/mol. The number of aromatic nitrogens is 2. The maximum absolute atomic E-state index is 11.8. The molecule has 0 aliphatic carbocycles. The van der Waals surface area contributed by atoms with Gasteiger partial charge in [0.25, 0.3) is 12.3 Å². The molecule has 1 heterocycles. The Hall–Kier alpha value is -2.02. The van der Waals surface area contributed by atoms with Gasteiger partial charge in [-0.1, -0.05) is 6.07 Å². The zero-order valence-electron chi connectivity index (χ0n) is 10.0. The summed E-state index contributed by atoms with van der Waals surface area (Å²) in [7, 11) is 0. The quantitative estimate of drug-likeness (QED) is 0.782. The Kier molecular flexibility index (Phi) is 4.40. The predicted octanol–water partition coefficient (Wildman–Crippen LogP) is 1.57. The number of carbonyl (C=O) groups excluding carboxylic acids is 1. The fourth-order valence-electron chi connectivity index (χ4n) is 1.59. The Labute approximate surface area is 107 Å². The molecule has 19 heavy (non-hydrogen) atoms. The first-order valence-corrected chi connectivity index (χ1v) is 5.74. The van der Waals surface area contributed by atoms with Gasteiger partial charge in [-0.05, 0) is 12.1 Å². The molecule has 0 spiro atoms. The fraction of sp³-hybridized carbons (Fsp3) is 0.333. The van der Waals surface area contributed by atoms with Gasteiger partial charge < -0.3 is 10.1 Å². The zero-order valence-corrected chi connectivity index (χ0v) is 10.0. The SMILES string of the molecule is O=C(NCCOCC(F)F)c1ccc2cn[nH]c2c1. The first-order chi connectivity index (χ1) is 9.16. The Bertz CT molecular complexity index is 557. The van der Waals surface area contributed by atoms with Crippen LogP contribution in [0.1, 0.15) is 10.4 Å². The standard InChI is InChI=1S/C12H13F2N3O2/c13-11(14)7-19-4-3-15-12(18)8-1-2-9-6-16-17-10(9)5-8/h1-2,5-6,11H,3-4,7H2,(H,15,18)(H,16,17). The average molecular weight is 269 g/mol. The first kappa shape index (κ1) is 13.4. The monoisotopic (exact) mass is 269 g/mol. The van der Waals surface area contributed by atoms with Crippen LogP contribution in [0.5, 0.6) is 0 Å². The molecule has 1 aromatic carbocycles. The number of H-pyrrole nitrogens is 1. The summed E-state index contributed by atoms with van der Waals surface area (Å²) < 4.78 is 28.2. The third kappa shape index (κ3) is 3.72. The second kappa shape index (κ2) is 6.24. The molecule has 0 aliphatic heterocycles. The summed E-state index contributed by atoms with van der Waals surface area (Å²) in [6, 6.07) is 5.13. The third-order valence-electron chi connectivity index (χ3n) is 2.48. The van der Waals surface area contributed by atoms with Gasteiger partial charge in [0.15, 0.2) is 0 Å². The van der Waals surface area contributed by atoms with Gasteiger partial charge in [0.1, 0.15) is 6.61 Å². The zero-order chi connectivity index (χ0) is 13.7. The van der Waals surface area contributed by atoms with E-state index in [1.807, 2.05) is 0 Å². The minimum Gasteiger partial charge on any atom is -0.374 e. The van der Waals surface area contributed by atoms with Crippen molar-refractivity contribution in [1.29, 1.82) is 0 Å². The molecule has 0 saturated heterocycles. The largest absolute Gasteiger partial charge is 0.374 e. The molecule has 2 aromatic rings. The van der Waals surface area contributed by atoms with Crippen LogP contribution in [0.15, 0.2) is 24.4 Å². The van der Waals surface area contributed by atoms with E-state index in [0.29, 0.717) is 5.56 Å². The Balaban J connectivity index is 1.82. The summed E-state index contributed by atoms with van der Waals surface area (Å²) in [5.74, 6) is -0.280. The number of hydrogen-bond donors (Lipinski definition) is 2. The van der Waals surface area contributed by atoms with Gasteiger partial charge in [0.05, 0.1) is 18.3 Å². The second-order valence-corrected chi connectivity index (χ2v) is 3.89. The van der Waals surface area contributed by atoms with E-state index in [1.54, 1.807) is 24.4 Å². The van der Waals surface area contributed by atoms with Crippen LogP contribution in [0.3, 0.4) is 0 Å². The number of benzene rings is 1. The number of alkyl halides is 2. The Morgan fingerprint density at radius 1 is 1.47 bits per heavy atom. The van der Waals surface area contributed by atoms with E-state index >= 15 is 0 Å². The smallest absolute Gasteiger partial charge is 0.261 e. The first-order valence-electron chi connectivity index (χ1n) is 5.74. The molecule has 102 valence electrons. The summed E-state index contributed by atoms with van der Waals surface area (Å²) in [5.41, 5.74) is 1.24. The van der Waals surface area contributed by atoms with E-state index in [9.17, 15) is 13.6 Å². The highest BCUT2D eigenvalue weighted by Gasteiger charge is 2.07. The van der Waals surface area contributed by atoms with Crippen LogP contribution in [-0.4, -0.2) is 42.3 Å². The molecule has 0 atom stereocenters. The minimum absolute atomic E-state index is 0.0579. The van der Waals surface area contributed by atoms with Crippen molar-refractivity contribution >= 4 is 16.8 Å². The van der Waals surface area contributed by atoms with Crippen molar-refractivity contribution in [2.75, 3.05) is 19.8 Å². The van der Waals surface area contributed by atoms with Crippen molar-refractivity contribution in [2.45, 2.75) is 6.43 Å². The van der Waals surface area contributed by atoms with Crippen LogP contribution in [-0.2, 0) is 4.74 Å². The number of hydrogen-bond acceptors (Lipinski definition) is 3. The molecule has 1 aromatic heterocycles. The average Bonchev–Trinajstić information content (AvgIpc) is 2.84. The second-order valence-electron chi connectivity index (χ2n) is 3.89. The molecule has 0 saturated carbocycles. The number of carbonyl (C=O) groups is 1. The molecule has 0 bridgehead atoms. The van der Waals surface area contributed by atoms with Crippen molar-refractivity contribution in [3.8, 4) is 0 Å². The maximum Gasteiger partial charge on any atom is 0.261 e. The van der Waals surface area contributed by atoms with Crippen LogP contribution in [0.4, 0.5) is 8.78 Å². The van der Waals surface area contributed by atoms with Crippen LogP contribution in [0, 0.1) is 0 Å². The molecular formula is C12H13F2N3O2. The lowest BCUT2D eigenvalue weighted by Crippen LogP contribution is -2.27. The molecule has 7 heteroatoms. The van der Waals surface area contributed by atoms with E-state index in [4.69, 9.17) is 0 Å². The van der Waals surface area contributed by atoms with Crippen LogP contribution >= 0.6 is 0 Å². The van der Waals surface area contributed by atoms with Gasteiger partial charge in [0, 0.05) is 17.5 Å². The number of aromatic amines is 1. The number of ether oxygens (including phenoxy) is 1.